The number of hydrogen-bond acceptors (Lipinski definition) is 1. The molecule has 1 aliphatic carbocycles. The van der Waals surface area contributed by atoms with Gasteiger partial charge in [-0.1, -0.05) is 19.8 Å². The van der Waals surface area contributed by atoms with Crippen molar-refractivity contribution in [1.29, 1.82) is 0 Å². The molecule has 0 saturated heterocycles. The second kappa shape index (κ2) is 4.76. The van der Waals surface area contributed by atoms with E-state index in [2.05, 4.69) is 18.9 Å². The Bertz CT molecular complexity index is 97.0. The Morgan fingerprint density at radius 3 is 2.55 bits per heavy atom. The number of rotatable bonds is 5. The number of unbranched alkanes of at least 4 members (excludes halogenated alkanes) is 1. The van der Waals surface area contributed by atoms with Crippen molar-refractivity contribution in [3.05, 3.63) is 0 Å². The molecule has 1 aliphatic rings. The van der Waals surface area contributed by atoms with Gasteiger partial charge >= 0.3 is 0 Å². The van der Waals surface area contributed by atoms with Crippen LogP contribution in [0, 0.1) is 5.92 Å². The summed E-state index contributed by atoms with van der Waals surface area (Å²) in [4.78, 5) is 2.49. The third kappa shape index (κ3) is 3.24. The van der Waals surface area contributed by atoms with Gasteiger partial charge in [0, 0.05) is 6.54 Å². The van der Waals surface area contributed by atoms with E-state index in [1.807, 2.05) is 0 Å². The third-order valence-corrected chi connectivity index (χ3v) is 2.69. The van der Waals surface area contributed by atoms with Gasteiger partial charge in [-0.05, 0) is 38.8 Å². The molecule has 0 spiro atoms. The van der Waals surface area contributed by atoms with Crippen LogP contribution in [0.4, 0.5) is 0 Å². The van der Waals surface area contributed by atoms with Crippen LogP contribution in [0.3, 0.4) is 0 Å². The molecule has 0 bridgehead atoms. The number of hydrogen-bond donors (Lipinski definition) is 0. The first-order valence-electron chi connectivity index (χ1n) is 5.01. The van der Waals surface area contributed by atoms with E-state index in [9.17, 15) is 0 Å². The molecule has 66 valence electrons. The molecular formula is C10H21N. The normalized spacial score (nSPS) is 18.8. The van der Waals surface area contributed by atoms with Gasteiger partial charge in [-0.25, -0.2) is 0 Å². The van der Waals surface area contributed by atoms with Gasteiger partial charge in [0.15, 0.2) is 0 Å². The first-order valence-corrected chi connectivity index (χ1v) is 5.01. The van der Waals surface area contributed by atoms with Crippen LogP contribution in [0.1, 0.15) is 39.0 Å². The maximum atomic E-state index is 2.49. The molecule has 1 rings (SSSR count). The quantitative estimate of drug-likeness (QED) is 0.589. The zero-order valence-electron chi connectivity index (χ0n) is 7.97. The largest absolute Gasteiger partial charge is 0.306 e. The monoisotopic (exact) mass is 155 g/mol. The average molecular weight is 155 g/mol. The summed E-state index contributed by atoms with van der Waals surface area (Å²) in [6, 6.07) is 0. The highest BCUT2D eigenvalue weighted by Gasteiger charge is 2.18. The fourth-order valence-electron chi connectivity index (χ4n) is 1.64. The summed E-state index contributed by atoms with van der Waals surface area (Å²) in [6.45, 7) is 4.91. The van der Waals surface area contributed by atoms with E-state index >= 15 is 0 Å². The van der Waals surface area contributed by atoms with Gasteiger partial charge in [0.1, 0.15) is 0 Å². The maximum absolute atomic E-state index is 2.49. The van der Waals surface area contributed by atoms with E-state index in [1.165, 1.54) is 45.2 Å². The number of nitrogens with zero attached hydrogens (tertiary/aromatic N) is 1. The van der Waals surface area contributed by atoms with Gasteiger partial charge in [0.05, 0.1) is 0 Å². The first kappa shape index (κ1) is 9.05. The van der Waals surface area contributed by atoms with E-state index in [-0.39, 0.29) is 0 Å². The Hall–Kier alpha value is -0.0400. The molecule has 1 saturated carbocycles. The summed E-state index contributed by atoms with van der Waals surface area (Å²) < 4.78 is 0. The van der Waals surface area contributed by atoms with Crippen LogP contribution in [-0.4, -0.2) is 25.0 Å². The minimum Gasteiger partial charge on any atom is -0.306 e. The molecule has 1 heteroatoms. The van der Waals surface area contributed by atoms with Crippen molar-refractivity contribution in [3.63, 3.8) is 0 Å². The van der Waals surface area contributed by atoms with Crippen molar-refractivity contribution in [1.82, 2.24) is 4.90 Å². The standard InChI is InChI=1S/C10H21N/c1-3-4-8-11(2)9-10-6-5-7-10/h10H,3-9H2,1-2H3. The molecule has 0 unspecified atom stereocenters. The Morgan fingerprint density at radius 1 is 1.36 bits per heavy atom. The molecule has 1 fully saturated rings. The highest BCUT2D eigenvalue weighted by molar-refractivity contribution is 4.72. The Balaban J connectivity index is 1.95. The molecule has 0 amide bonds. The Morgan fingerprint density at radius 2 is 2.09 bits per heavy atom. The van der Waals surface area contributed by atoms with Gasteiger partial charge in [0.25, 0.3) is 0 Å². The lowest BCUT2D eigenvalue weighted by Crippen LogP contribution is -2.30. The van der Waals surface area contributed by atoms with Crippen molar-refractivity contribution >= 4 is 0 Å². The van der Waals surface area contributed by atoms with E-state index < -0.39 is 0 Å². The van der Waals surface area contributed by atoms with Gasteiger partial charge in [0.2, 0.25) is 0 Å². The Labute approximate surface area is 70.8 Å². The Kier molecular flexibility index (Phi) is 3.92. The lowest BCUT2D eigenvalue weighted by atomic mass is 9.85. The highest BCUT2D eigenvalue weighted by atomic mass is 15.1. The summed E-state index contributed by atoms with van der Waals surface area (Å²) in [5.74, 6) is 1.04. The zero-order valence-corrected chi connectivity index (χ0v) is 7.97. The molecule has 0 aliphatic heterocycles. The van der Waals surface area contributed by atoms with Crippen LogP contribution >= 0.6 is 0 Å². The summed E-state index contributed by atoms with van der Waals surface area (Å²) in [6.07, 6.45) is 7.14. The molecule has 0 aromatic rings. The maximum Gasteiger partial charge on any atom is 0.000661 e. The van der Waals surface area contributed by atoms with Crippen LogP contribution < -0.4 is 0 Å². The molecule has 1 nitrogen and oxygen atoms in total. The van der Waals surface area contributed by atoms with Crippen LogP contribution in [0.25, 0.3) is 0 Å². The summed E-state index contributed by atoms with van der Waals surface area (Å²) in [5.41, 5.74) is 0. The predicted octanol–water partition coefficient (Wildman–Crippen LogP) is 2.52. The molecule has 11 heavy (non-hydrogen) atoms. The second-order valence-corrected chi connectivity index (χ2v) is 3.91. The van der Waals surface area contributed by atoms with Crippen LogP contribution in [0.5, 0.6) is 0 Å². The van der Waals surface area contributed by atoms with Crippen molar-refractivity contribution in [2.24, 2.45) is 5.92 Å². The molecule has 0 heterocycles. The van der Waals surface area contributed by atoms with E-state index in [1.54, 1.807) is 0 Å². The smallest absolute Gasteiger partial charge is 0.000661 e. The molecule has 0 N–H and O–H groups in total. The fourth-order valence-corrected chi connectivity index (χ4v) is 1.64. The minimum absolute atomic E-state index is 1.04. The summed E-state index contributed by atoms with van der Waals surface area (Å²) in [5, 5.41) is 0. The lowest BCUT2D eigenvalue weighted by molar-refractivity contribution is 0.204. The highest BCUT2D eigenvalue weighted by Crippen LogP contribution is 2.26. The van der Waals surface area contributed by atoms with Crippen molar-refractivity contribution in [2.45, 2.75) is 39.0 Å². The van der Waals surface area contributed by atoms with Gasteiger partial charge < -0.3 is 4.90 Å². The second-order valence-electron chi connectivity index (χ2n) is 3.91. The first-order chi connectivity index (χ1) is 5.33. The van der Waals surface area contributed by atoms with Gasteiger partial charge in [-0.15, -0.1) is 0 Å². The molecule has 0 radical (unpaired) electrons. The van der Waals surface area contributed by atoms with Gasteiger partial charge in [-0.3, -0.25) is 0 Å². The molecule has 0 atom stereocenters. The zero-order chi connectivity index (χ0) is 8.10. The van der Waals surface area contributed by atoms with E-state index in [0.717, 1.165) is 5.92 Å². The summed E-state index contributed by atoms with van der Waals surface area (Å²) in [7, 11) is 2.26. The predicted molar refractivity (Wildman–Crippen MR) is 49.7 cm³/mol. The minimum atomic E-state index is 1.04. The fraction of sp³-hybridized carbons (Fsp3) is 1.00. The van der Waals surface area contributed by atoms with Crippen molar-refractivity contribution < 1.29 is 0 Å². The van der Waals surface area contributed by atoms with Crippen LogP contribution in [0.2, 0.25) is 0 Å². The van der Waals surface area contributed by atoms with Crippen LogP contribution in [-0.2, 0) is 0 Å². The SMILES string of the molecule is CCCCN(C)CC1CCC1. The van der Waals surface area contributed by atoms with Gasteiger partial charge in [-0.2, -0.15) is 0 Å². The third-order valence-electron chi connectivity index (χ3n) is 2.69. The van der Waals surface area contributed by atoms with E-state index in [0.29, 0.717) is 0 Å². The van der Waals surface area contributed by atoms with Crippen LogP contribution in [0.15, 0.2) is 0 Å². The van der Waals surface area contributed by atoms with Crippen molar-refractivity contribution in [2.75, 3.05) is 20.1 Å². The summed E-state index contributed by atoms with van der Waals surface area (Å²) >= 11 is 0. The topological polar surface area (TPSA) is 3.24 Å². The average Bonchev–Trinajstić information content (AvgIpc) is 1.93. The lowest BCUT2D eigenvalue weighted by Gasteiger charge is -2.30. The molecular weight excluding hydrogens is 134 g/mol. The van der Waals surface area contributed by atoms with E-state index in [4.69, 9.17) is 0 Å². The molecule has 0 aromatic carbocycles. The molecule has 0 aromatic heterocycles. The van der Waals surface area contributed by atoms with Crippen molar-refractivity contribution in [3.8, 4) is 0 Å².